The molecule has 9 heavy (non-hydrogen) atoms. The van der Waals surface area contributed by atoms with Gasteiger partial charge in [-0.3, -0.25) is 10.2 Å². The van der Waals surface area contributed by atoms with Crippen molar-refractivity contribution in [3.63, 3.8) is 0 Å². The van der Waals surface area contributed by atoms with Gasteiger partial charge in [0, 0.05) is 0 Å². The SMILES string of the molecule is CCN[CH]N(CC)CC. The number of hydrogen-bond acceptors (Lipinski definition) is 2. The largest absolute Gasteiger partial charge is 0.300 e. The Bertz CT molecular complexity index is 50.9. The van der Waals surface area contributed by atoms with Crippen molar-refractivity contribution in [2.24, 2.45) is 0 Å². The lowest BCUT2D eigenvalue weighted by atomic mass is 10.5. The fourth-order valence-corrected chi connectivity index (χ4v) is 0.627. The highest BCUT2D eigenvalue weighted by Gasteiger charge is 1.94. The first-order valence-electron chi connectivity index (χ1n) is 3.65. The van der Waals surface area contributed by atoms with Crippen LogP contribution in [0.1, 0.15) is 20.8 Å². The fourth-order valence-electron chi connectivity index (χ4n) is 0.627. The monoisotopic (exact) mass is 129 g/mol. The number of nitrogens with one attached hydrogen (secondary N) is 1. The van der Waals surface area contributed by atoms with Crippen LogP contribution in [0, 0.1) is 6.67 Å². The summed E-state index contributed by atoms with van der Waals surface area (Å²) in [5.41, 5.74) is 0. The Morgan fingerprint density at radius 1 is 1.22 bits per heavy atom. The molecule has 0 atom stereocenters. The van der Waals surface area contributed by atoms with Crippen molar-refractivity contribution in [2.45, 2.75) is 20.8 Å². The quantitative estimate of drug-likeness (QED) is 0.597. The van der Waals surface area contributed by atoms with E-state index in [9.17, 15) is 0 Å². The molecule has 0 aromatic rings. The standard InChI is InChI=1S/C7H17N2/c1-4-8-7-9(5-2)6-3/h7-8H,4-6H2,1-3H3. The molecule has 0 spiro atoms. The molecule has 0 aliphatic rings. The van der Waals surface area contributed by atoms with E-state index in [0.717, 1.165) is 19.6 Å². The van der Waals surface area contributed by atoms with Crippen molar-refractivity contribution in [3.05, 3.63) is 6.67 Å². The van der Waals surface area contributed by atoms with Crippen LogP contribution < -0.4 is 5.32 Å². The molecular weight excluding hydrogens is 112 g/mol. The van der Waals surface area contributed by atoms with Crippen LogP contribution in [0.5, 0.6) is 0 Å². The molecular formula is C7H17N2. The highest BCUT2D eigenvalue weighted by molar-refractivity contribution is 4.60. The maximum Gasteiger partial charge on any atom is 0.0893 e. The summed E-state index contributed by atoms with van der Waals surface area (Å²) in [6.45, 7) is 11.6. The highest BCUT2D eigenvalue weighted by atomic mass is 15.2. The Hall–Kier alpha value is -0.0800. The summed E-state index contributed by atoms with van der Waals surface area (Å²) in [6.07, 6.45) is 0. The third kappa shape index (κ3) is 4.43. The van der Waals surface area contributed by atoms with Crippen molar-refractivity contribution >= 4 is 0 Å². The van der Waals surface area contributed by atoms with Crippen molar-refractivity contribution in [2.75, 3.05) is 19.6 Å². The molecule has 0 unspecified atom stereocenters. The normalized spacial score (nSPS) is 10.7. The molecule has 0 saturated carbocycles. The van der Waals surface area contributed by atoms with Gasteiger partial charge in [0.15, 0.2) is 0 Å². The lowest BCUT2D eigenvalue weighted by Crippen LogP contribution is -2.28. The van der Waals surface area contributed by atoms with Gasteiger partial charge in [-0.15, -0.1) is 0 Å². The first-order chi connectivity index (χ1) is 4.35. The van der Waals surface area contributed by atoms with Gasteiger partial charge < -0.3 is 0 Å². The van der Waals surface area contributed by atoms with Crippen molar-refractivity contribution < 1.29 is 0 Å². The van der Waals surface area contributed by atoms with Gasteiger partial charge in [-0.05, 0) is 19.6 Å². The molecule has 0 aromatic heterocycles. The zero-order valence-electron chi connectivity index (χ0n) is 6.65. The van der Waals surface area contributed by atoms with E-state index in [2.05, 4.69) is 31.0 Å². The molecule has 0 heterocycles. The van der Waals surface area contributed by atoms with E-state index < -0.39 is 0 Å². The van der Waals surface area contributed by atoms with Crippen molar-refractivity contribution in [1.29, 1.82) is 0 Å². The van der Waals surface area contributed by atoms with Crippen LogP contribution in [0.15, 0.2) is 0 Å². The zero-order valence-corrected chi connectivity index (χ0v) is 6.65. The molecule has 0 aromatic carbocycles. The maximum absolute atomic E-state index is 3.15. The van der Waals surface area contributed by atoms with Gasteiger partial charge in [0.25, 0.3) is 0 Å². The fraction of sp³-hybridized carbons (Fsp3) is 0.857. The van der Waals surface area contributed by atoms with E-state index in [1.165, 1.54) is 0 Å². The Balaban J connectivity index is 3.09. The van der Waals surface area contributed by atoms with E-state index in [1.807, 2.05) is 6.67 Å². The minimum Gasteiger partial charge on any atom is -0.300 e. The average molecular weight is 129 g/mol. The van der Waals surface area contributed by atoms with Crippen LogP contribution in [0.3, 0.4) is 0 Å². The third-order valence-corrected chi connectivity index (χ3v) is 1.29. The van der Waals surface area contributed by atoms with E-state index in [1.54, 1.807) is 0 Å². The van der Waals surface area contributed by atoms with Crippen LogP contribution in [0.25, 0.3) is 0 Å². The smallest absolute Gasteiger partial charge is 0.0893 e. The summed E-state index contributed by atoms with van der Waals surface area (Å²) in [6, 6.07) is 0. The first-order valence-corrected chi connectivity index (χ1v) is 3.65. The predicted molar refractivity (Wildman–Crippen MR) is 40.9 cm³/mol. The Morgan fingerprint density at radius 3 is 2.11 bits per heavy atom. The van der Waals surface area contributed by atoms with Gasteiger partial charge in [0.2, 0.25) is 0 Å². The number of hydrogen-bond donors (Lipinski definition) is 1. The predicted octanol–water partition coefficient (Wildman–Crippen LogP) is 1.06. The van der Waals surface area contributed by atoms with Crippen LogP contribution >= 0.6 is 0 Å². The van der Waals surface area contributed by atoms with E-state index in [4.69, 9.17) is 0 Å². The topological polar surface area (TPSA) is 15.3 Å². The van der Waals surface area contributed by atoms with Crippen LogP contribution in [-0.2, 0) is 0 Å². The number of rotatable bonds is 5. The zero-order chi connectivity index (χ0) is 7.11. The van der Waals surface area contributed by atoms with Crippen LogP contribution in [-0.4, -0.2) is 24.5 Å². The molecule has 0 bridgehead atoms. The summed E-state index contributed by atoms with van der Waals surface area (Å²) in [5, 5.41) is 3.15. The minimum atomic E-state index is 1.01. The van der Waals surface area contributed by atoms with Gasteiger partial charge >= 0.3 is 0 Å². The van der Waals surface area contributed by atoms with Gasteiger partial charge in [0.1, 0.15) is 0 Å². The van der Waals surface area contributed by atoms with Crippen molar-refractivity contribution in [3.8, 4) is 0 Å². The van der Waals surface area contributed by atoms with Crippen LogP contribution in [0.4, 0.5) is 0 Å². The molecule has 1 radical (unpaired) electrons. The molecule has 55 valence electrons. The summed E-state index contributed by atoms with van der Waals surface area (Å²) in [4.78, 5) is 2.23. The van der Waals surface area contributed by atoms with Gasteiger partial charge in [-0.25, -0.2) is 0 Å². The molecule has 1 N–H and O–H groups in total. The Kier molecular flexibility index (Phi) is 5.99. The lowest BCUT2D eigenvalue weighted by Gasteiger charge is -2.16. The lowest BCUT2D eigenvalue weighted by molar-refractivity contribution is 0.345. The molecule has 0 amide bonds. The molecule has 0 saturated heterocycles. The van der Waals surface area contributed by atoms with Gasteiger partial charge in [-0.2, -0.15) is 0 Å². The Labute approximate surface area is 58.2 Å². The average Bonchev–Trinajstić information content (AvgIpc) is 1.91. The molecule has 0 rings (SSSR count). The van der Waals surface area contributed by atoms with Crippen molar-refractivity contribution in [1.82, 2.24) is 10.2 Å². The first kappa shape index (κ1) is 8.92. The Morgan fingerprint density at radius 2 is 1.78 bits per heavy atom. The van der Waals surface area contributed by atoms with Crippen LogP contribution in [0.2, 0.25) is 0 Å². The third-order valence-electron chi connectivity index (χ3n) is 1.29. The highest BCUT2D eigenvalue weighted by Crippen LogP contribution is 1.86. The van der Waals surface area contributed by atoms with Gasteiger partial charge in [-0.1, -0.05) is 20.8 Å². The minimum absolute atomic E-state index is 1.01. The summed E-state index contributed by atoms with van der Waals surface area (Å²) >= 11 is 0. The van der Waals surface area contributed by atoms with E-state index in [0.29, 0.717) is 0 Å². The maximum atomic E-state index is 3.15. The molecule has 2 nitrogen and oxygen atoms in total. The summed E-state index contributed by atoms with van der Waals surface area (Å²) < 4.78 is 0. The second-order valence-corrected chi connectivity index (χ2v) is 1.91. The van der Waals surface area contributed by atoms with E-state index >= 15 is 0 Å². The number of nitrogens with zero attached hydrogens (tertiary/aromatic N) is 1. The molecule has 0 fully saturated rings. The molecule has 0 aliphatic heterocycles. The molecule has 2 heteroatoms. The van der Waals surface area contributed by atoms with E-state index in [-0.39, 0.29) is 0 Å². The van der Waals surface area contributed by atoms with Gasteiger partial charge in [0.05, 0.1) is 6.67 Å². The second-order valence-electron chi connectivity index (χ2n) is 1.91. The summed E-state index contributed by atoms with van der Waals surface area (Å²) in [7, 11) is 0. The summed E-state index contributed by atoms with van der Waals surface area (Å²) in [5.74, 6) is 0. The molecule has 0 aliphatic carbocycles. The second kappa shape index (κ2) is 6.05.